The summed E-state index contributed by atoms with van der Waals surface area (Å²) in [7, 11) is 0. The van der Waals surface area contributed by atoms with E-state index in [0.29, 0.717) is 19.8 Å². The number of thiocarbonyl (C=S) groups is 1. The van der Waals surface area contributed by atoms with Crippen molar-refractivity contribution in [1.29, 1.82) is 0 Å². The Hall–Kier alpha value is -0.920. The molecule has 0 bridgehead atoms. The van der Waals surface area contributed by atoms with Gasteiger partial charge >= 0.3 is 6.09 Å². The van der Waals surface area contributed by atoms with E-state index in [4.69, 9.17) is 17.0 Å². The molecule has 1 saturated heterocycles. The number of hydrazine groups is 1. The van der Waals surface area contributed by atoms with Gasteiger partial charge in [0.2, 0.25) is 0 Å². The van der Waals surface area contributed by atoms with Crippen molar-refractivity contribution in [2.75, 3.05) is 32.9 Å². The van der Waals surface area contributed by atoms with E-state index in [-0.39, 0.29) is 5.11 Å². The van der Waals surface area contributed by atoms with Crippen LogP contribution in [0.5, 0.6) is 0 Å². The quantitative estimate of drug-likeness (QED) is 0.647. The lowest BCUT2D eigenvalue weighted by atomic mass is 10.5. The molecule has 0 saturated carbocycles. The largest absolute Gasteiger partial charge is 0.450 e. The Morgan fingerprint density at radius 2 is 2.20 bits per heavy atom. The van der Waals surface area contributed by atoms with Crippen LogP contribution in [0.4, 0.5) is 4.79 Å². The number of rotatable bonds is 2. The molecule has 1 rings (SSSR count). The van der Waals surface area contributed by atoms with Crippen molar-refractivity contribution < 1.29 is 14.3 Å². The van der Waals surface area contributed by atoms with Gasteiger partial charge in [-0.2, -0.15) is 0 Å². The minimum Gasteiger partial charge on any atom is -0.450 e. The van der Waals surface area contributed by atoms with Gasteiger partial charge in [0.25, 0.3) is 0 Å². The molecule has 0 aliphatic carbocycles. The molecule has 0 aromatic heterocycles. The first-order chi connectivity index (χ1) is 7.22. The molecule has 0 radical (unpaired) electrons. The second kappa shape index (κ2) is 6.54. The van der Waals surface area contributed by atoms with E-state index >= 15 is 0 Å². The third kappa shape index (κ3) is 4.91. The van der Waals surface area contributed by atoms with Gasteiger partial charge in [-0.05, 0) is 19.1 Å². The van der Waals surface area contributed by atoms with Crippen LogP contribution < -0.4 is 10.7 Å². The first kappa shape index (κ1) is 12.2. The zero-order valence-corrected chi connectivity index (χ0v) is 9.43. The fourth-order valence-electron chi connectivity index (χ4n) is 1.11. The van der Waals surface area contributed by atoms with Crippen LogP contribution in [0.25, 0.3) is 0 Å². The van der Waals surface area contributed by atoms with E-state index in [1.54, 1.807) is 6.92 Å². The molecule has 86 valence electrons. The van der Waals surface area contributed by atoms with Crippen molar-refractivity contribution in [3.63, 3.8) is 0 Å². The summed E-state index contributed by atoms with van der Waals surface area (Å²) in [5.41, 5.74) is 2.88. The molecule has 1 fully saturated rings. The van der Waals surface area contributed by atoms with Crippen molar-refractivity contribution in [2.45, 2.75) is 6.92 Å². The summed E-state index contributed by atoms with van der Waals surface area (Å²) in [6.07, 6.45) is -0.539. The Morgan fingerprint density at radius 3 is 2.80 bits per heavy atom. The van der Waals surface area contributed by atoms with Gasteiger partial charge in [-0.15, -0.1) is 0 Å². The lowest BCUT2D eigenvalue weighted by molar-refractivity contribution is 0.0247. The average Bonchev–Trinajstić information content (AvgIpc) is 2.19. The summed E-state index contributed by atoms with van der Waals surface area (Å²) in [5.74, 6) is 0. The van der Waals surface area contributed by atoms with Crippen LogP contribution in [0.3, 0.4) is 0 Å². The first-order valence-electron chi connectivity index (χ1n) is 4.79. The average molecular weight is 233 g/mol. The van der Waals surface area contributed by atoms with Crippen LogP contribution in [0.1, 0.15) is 6.92 Å². The van der Waals surface area contributed by atoms with Crippen LogP contribution in [-0.4, -0.2) is 49.1 Å². The highest BCUT2D eigenvalue weighted by molar-refractivity contribution is 7.80. The fraction of sp³-hybridized carbons (Fsp3) is 0.750. The van der Waals surface area contributed by atoms with Gasteiger partial charge < -0.3 is 9.47 Å². The molecule has 0 aromatic rings. The van der Waals surface area contributed by atoms with E-state index in [2.05, 4.69) is 15.5 Å². The highest BCUT2D eigenvalue weighted by Gasteiger charge is 2.12. The van der Waals surface area contributed by atoms with Crippen LogP contribution in [-0.2, 0) is 9.47 Å². The topological polar surface area (TPSA) is 62.8 Å². The smallest absolute Gasteiger partial charge is 0.413 e. The van der Waals surface area contributed by atoms with Gasteiger partial charge in [-0.1, -0.05) is 0 Å². The van der Waals surface area contributed by atoms with Crippen LogP contribution in [0.2, 0.25) is 0 Å². The Kier molecular flexibility index (Phi) is 5.30. The number of hydrogen-bond donors (Lipinski definition) is 2. The maximum absolute atomic E-state index is 11.0. The van der Waals surface area contributed by atoms with Crippen molar-refractivity contribution >= 4 is 23.4 Å². The number of morpholine rings is 1. The summed E-state index contributed by atoms with van der Waals surface area (Å²) >= 11 is 4.92. The van der Waals surface area contributed by atoms with Crippen LogP contribution in [0.15, 0.2) is 0 Å². The number of nitrogens with zero attached hydrogens (tertiary/aromatic N) is 1. The number of carbonyl (C=O) groups is 1. The minimum absolute atomic E-state index is 0.246. The lowest BCUT2D eigenvalue weighted by Gasteiger charge is -2.27. The van der Waals surface area contributed by atoms with Crippen LogP contribution in [0, 0.1) is 0 Å². The van der Waals surface area contributed by atoms with E-state index in [9.17, 15) is 4.79 Å². The summed E-state index contributed by atoms with van der Waals surface area (Å²) in [6, 6.07) is 0. The summed E-state index contributed by atoms with van der Waals surface area (Å²) in [5, 5.41) is 4.54. The van der Waals surface area contributed by atoms with Gasteiger partial charge in [0.1, 0.15) is 0 Å². The number of amides is 1. The zero-order chi connectivity index (χ0) is 11.1. The number of hydrogen-bond acceptors (Lipinski definition) is 5. The third-order valence-corrected chi connectivity index (χ3v) is 1.96. The molecule has 1 aliphatic rings. The van der Waals surface area contributed by atoms with Gasteiger partial charge in [0.05, 0.1) is 19.8 Å². The molecule has 2 N–H and O–H groups in total. The van der Waals surface area contributed by atoms with Gasteiger partial charge in [0.15, 0.2) is 5.11 Å². The predicted molar refractivity (Wildman–Crippen MR) is 58.3 cm³/mol. The molecule has 1 heterocycles. The lowest BCUT2D eigenvalue weighted by Crippen LogP contribution is -2.52. The molecule has 15 heavy (non-hydrogen) atoms. The predicted octanol–water partition coefficient (Wildman–Crippen LogP) is -0.146. The van der Waals surface area contributed by atoms with Crippen LogP contribution >= 0.6 is 12.2 Å². The molecule has 0 spiro atoms. The minimum atomic E-state index is -0.539. The molecule has 0 unspecified atom stereocenters. The molecule has 0 aromatic carbocycles. The number of nitrogens with one attached hydrogen (secondary N) is 2. The third-order valence-electron chi connectivity index (χ3n) is 1.76. The molecule has 1 aliphatic heterocycles. The van der Waals surface area contributed by atoms with Crippen molar-refractivity contribution in [3.8, 4) is 0 Å². The summed E-state index contributed by atoms with van der Waals surface area (Å²) in [4.78, 5) is 11.0. The Balaban J connectivity index is 2.19. The van der Waals surface area contributed by atoms with Crippen molar-refractivity contribution in [3.05, 3.63) is 0 Å². The Bertz CT molecular complexity index is 231. The molecule has 1 amide bonds. The Morgan fingerprint density at radius 1 is 1.53 bits per heavy atom. The first-order valence-corrected chi connectivity index (χ1v) is 5.20. The summed E-state index contributed by atoms with van der Waals surface area (Å²) in [6.45, 7) is 4.86. The van der Waals surface area contributed by atoms with Gasteiger partial charge in [-0.25, -0.2) is 9.80 Å². The zero-order valence-electron chi connectivity index (χ0n) is 8.62. The van der Waals surface area contributed by atoms with E-state index < -0.39 is 6.09 Å². The molecule has 7 heteroatoms. The SMILES string of the molecule is CCOC(=O)NC(=S)NN1CCOCC1. The monoisotopic (exact) mass is 233 g/mol. The highest BCUT2D eigenvalue weighted by atomic mass is 32.1. The Labute approximate surface area is 93.9 Å². The standard InChI is InChI=1S/C8H15N3O3S/c1-2-14-8(12)9-7(15)10-11-3-5-13-6-4-11/h2-6H2,1H3,(H2,9,10,12,15). The van der Waals surface area contributed by atoms with Gasteiger partial charge in [0, 0.05) is 13.1 Å². The maximum atomic E-state index is 11.0. The van der Waals surface area contributed by atoms with E-state index in [1.165, 1.54) is 0 Å². The summed E-state index contributed by atoms with van der Waals surface area (Å²) < 4.78 is 9.84. The van der Waals surface area contributed by atoms with Crippen molar-refractivity contribution in [1.82, 2.24) is 15.8 Å². The second-order valence-electron chi connectivity index (χ2n) is 2.89. The van der Waals surface area contributed by atoms with E-state index in [0.717, 1.165) is 13.1 Å². The highest BCUT2D eigenvalue weighted by Crippen LogP contribution is 1.92. The molecular formula is C8H15N3O3S. The fourth-order valence-corrected chi connectivity index (χ4v) is 1.32. The number of carbonyl (C=O) groups excluding carboxylic acids is 1. The molecule has 6 nitrogen and oxygen atoms in total. The number of ether oxygens (including phenoxy) is 2. The van der Waals surface area contributed by atoms with Gasteiger partial charge in [-0.3, -0.25) is 10.7 Å². The second-order valence-corrected chi connectivity index (χ2v) is 3.29. The molecule has 0 atom stereocenters. The molecular weight excluding hydrogens is 218 g/mol. The van der Waals surface area contributed by atoms with Crippen molar-refractivity contribution in [2.24, 2.45) is 0 Å². The normalized spacial score (nSPS) is 16.9. The van der Waals surface area contributed by atoms with E-state index in [1.807, 2.05) is 5.01 Å². The maximum Gasteiger partial charge on any atom is 0.413 e. The number of alkyl carbamates (subject to hydrolysis) is 1.